The summed E-state index contributed by atoms with van der Waals surface area (Å²) < 4.78 is 57.4. The fraction of sp³-hybridized carbons (Fsp3) is 0.286. The van der Waals surface area contributed by atoms with Gasteiger partial charge in [0.1, 0.15) is 72.3 Å². The summed E-state index contributed by atoms with van der Waals surface area (Å²) in [5.41, 5.74) is -2.06. The lowest BCUT2D eigenvalue weighted by molar-refractivity contribution is -0.394. The van der Waals surface area contributed by atoms with E-state index in [0.717, 1.165) is 36.4 Å². The second-order valence-corrected chi connectivity index (χ2v) is 18.0. The number of nitro benzene ring substituents is 4. The van der Waals surface area contributed by atoms with Gasteiger partial charge in [-0.3, -0.25) is 40.5 Å². The highest BCUT2D eigenvalue weighted by Gasteiger charge is 2.26. The van der Waals surface area contributed by atoms with Crippen molar-refractivity contribution in [2.24, 2.45) is 20.5 Å². The summed E-state index contributed by atoms with van der Waals surface area (Å²) in [4.78, 5) is 42.9. The number of nitrogens with zero attached hydrogens (tertiary/aromatic N) is 8. The van der Waals surface area contributed by atoms with Gasteiger partial charge in [0, 0.05) is 33.7 Å². The molecular formula is C56H52N8O20. The highest BCUT2D eigenvalue weighted by Crippen LogP contribution is 2.51. The lowest BCUT2D eigenvalue weighted by Crippen LogP contribution is -2.14. The molecular weight excluding hydrogens is 1100 g/mol. The first-order valence-electron chi connectivity index (χ1n) is 26.0. The van der Waals surface area contributed by atoms with Crippen LogP contribution in [0.3, 0.4) is 0 Å². The molecule has 0 saturated heterocycles. The van der Waals surface area contributed by atoms with Crippen molar-refractivity contribution in [3.8, 4) is 34.5 Å². The first-order chi connectivity index (χ1) is 40.9. The van der Waals surface area contributed by atoms with E-state index in [4.69, 9.17) is 47.4 Å². The number of phenols is 2. The Morgan fingerprint density at radius 3 is 0.845 bits per heavy atom. The van der Waals surface area contributed by atoms with Gasteiger partial charge in [-0.1, -0.05) is 48.5 Å². The molecule has 8 aromatic carbocycles. The number of ether oxygens (including phenoxy) is 10. The minimum atomic E-state index is -0.767. The summed E-state index contributed by atoms with van der Waals surface area (Å²) in [7, 11) is 0. The van der Waals surface area contributed by atoms with Gasteiger partial charge < -0.3 is 57.6 Å². The SMILES string of the molecule is O=[N+]([O-])c1ccc(N=Nc2c3c4cccc3c(O)c3cccc(c23)OCCOCCOCCOCCO4)c([N+](=O)[O-])c1.O=[N+]([O-])c1ccc(N=Nc2c3c4cccc3c(O)c3cccc(c23)OCCOCCOCCOCCO4)c([N+](=O)[O-])c1. The molecule has 2 aliphatic rings. The normalized spacial score (nSPS) is 15.3. The summed E-state index contributed by atoms with van der Waals surface area (Å²) in [5.74, 6) is 1.34. The van der Waals surface area contributed by atoms with Crippen LogP contribution in [0.1, 0.15) is 0 Å². The van der Waals surface area contributed by atoms with Gasteiger partial charge in [-0.15, -0.1) is 20.5 Å². The number of hydrogen-bond acceptors (Lipinski definition) is 24. The van der Waals surface area contributed by atoms with Gasteiger partial charge in [0.25, 0.3) is 11.4 Å². The molecule has 2 N–H and O–H groups in total. The van der Waals surface area contributed by atoms with E-state index in [1.54, 1.807) is 72.8 Å². The number of rotatable bonds is 8. The number of aromatic hydroxyl groups is 2. The molecule has 4 bridgehead atoms. The summed E-state index contributed by atoms with van der Waals surface area (Å²) in [6.45, 7) is 4.76. The summed E-state index contributed by atoms with van der Waals surface area (Å²) in [6, 6.07) is 26.5. The first-order valence-corrected chi connectivity index (χ1v) is 26.0. The van der Waals surface area contributed by atoms with E-state index < -0.39 is 42.4 Å². The van der Waals surface area contributed by atoms with E-state index in [2.05, 4.69) is 20.5 Å². The molecule has 0 saturated carbocycles. The van der Waals surface area contributed by atoms with Crippen LogP contribution >= 0.6 is 0 Å². The Balaban J connectivity index is 0.000000202. The van der Waals surface area contributed by atoms with Crippen molar-refractivity contribution in [2.45, 2.75) is 0 Å². The van der Waals surface area contributed by atoms with Crippen LogP contribution in [-0.2, 0) is 28.4 Å². The monoisotopic (exact) mass is 1160 g/mol. The molecule has 84 heavy (non-hydrogen) atoms. The molecule has 0 fully saturated rings. The number of phenolic OH excluding ortho intramolecular Hbond substituents is 2. The predicted octanol–water partition coefficient (Wildman–Crippen LogP) is 11.5. The Bertz CT molecular complexity index is 3410. The summed E-state index contributed by atoms with van der Waals surface area (Å²) in [6.07, 6.45) is 0. The third-order valence-corrected chi connectivity index (χ3v) is 12.8. The van der Waals surface area contributed by atoms with Crippen molar-refractivity contribution in [1.82, 2.24) is 0 Å². The van der Waals surface area contributed by atoms with Gasteiger partial charge in [0.2, 0.25) is 0 Å². The van der Waals surface area contributed by atoms with Crippen molar-refractivity contribution < 1.29 is 77.3 Å². The number of hydrogen-bond donors (Lipinski definition) is 2. The van der Waals surface area contributed by atoms with Crippen molar-refractivity contribution in [1.29, 1.82) is 0 Å². The van der Waals surface area contributed by atoms with Crippen LogP contribution in [0.15, 0.2) is 130 Å². The maximum atomic E-state index is 11.7. The number of nitro groups is 4. The predicted molar refractivity (Wildman–Crippen MR) is 301 cm³/mol. The molecule has 0 aromatic heterocycles. The highest BCUT2D eigenvalue weighted by molar-refractivity contribution is 6.19. The van der Waals surface area contributed by atoms with E-state index in [-0.39, 0.29) is 87.1 Å². The van der Waals surface area contributed by atoms with Crippen LogP contribution in [0, 0.1) is 40.5 Å². The van der Waals surface area contributed by atoms with E-state index >= 15 is 0 Å². The second kappa shape index (κ2) is 28.2. The molecule has 0 amide bonds. The van der Waals surface area contributed by atoms with E-state index in [0.29, 0.717) is 119 Å². The fourth-order valence-electron chi connectivity index (χ4n) is 8.96. The van der Waals surface area contributed by atoms with Crippen molar-refractivity contribution in [3.63, 3.8) is 0 Å². The second-order valence-electron chi connectivity index (χ2n) is 18.0. The van der Waals surface area contributed by atoms with Gasteiger partial charge in [0.15, 0.2) is 11.4 Å². The molecule has 0 aliphatic carbocycles. The lowest BCUT2D eigenvalue weighted by atomic mass is 9.98. The maximum absolute atomic E-state index is 11.7. The Morgan fingerprint density at radius 1 is 0.333 bits per heavy atom. The van der Waals surface area contributed by atoms with Crippen molar-refractivity contribution in [2.75, 3.05) is 106 Å². The Labute approximate surface area is 474 Å². The fourth-order valence-corrected chi connectivity index (χ4v) is 8.96. The molecule has 2 heterocycles. The van der Waals surface area contributed by atoms with E-state index in [1.807, 2.05) is 0 Å². The zero-order valence-electron chi connectivity index (χ0n) is 44.5. The van der Waals surface area contributed by atoms with Gasteiger partial charge in [-0.05, 0) is 36.4 Å². The van der Waals surface area contributed by atoms with Crippen molar-refractivity contribution >= 4 is 88.6 Å². The third kappa shape index (κ3) is 13.9. The molecule has 2 aliphatic heterocycles. The molecule has 8 aromatic rings. The molecule has 28 heteroatoms. The van der Waals surface area contributed by atoms with Gasteiger partial charge in [0.05, 0.1) is 133 Å². The minimum absolute atomic E-state index is 0.0461. The molecule has 0 atom stereocenters. The molecule has 28 nitrogen and oxygen atoms in total. The lowest BCUT2D eigenvalue weighted by Gasteiger charge is -2.17. The topological polar surface area (TPSA) is 355 Å². The van der Waals surface area contributed by atoms with Crippen LogP contribution in [0.25, 0.3) is 43.1 Å². The third-order valence-electron chi connectivity index (χ3n) is 12.8. The smallest absolute Gasteiger partial charge is 0.303 e. The number of azo groups is 2. The zero-order valence-corrected chi connectivity index (χ0v) is 44.5. The molecule has 10 rings (SSSR count). The average molecular weight is 1160 g/mol. The molecule has 0 unspecified atom stereocenters. The molecule has 436 valence electrons. The van der Waals surface area contributed by atoms with Gasteiger partial charge in [-0.2, -0.15) is 0 Å². The average Bonchev–Trinajstić information content (AvgIpc) is 1.73. The number of non-ortho nitro benzene ring substituents is 2. The minimum Gasteiger partial charge on any atom is -0.507 e. The standard InChI is InChI=1S/2C28H26N4O10/c2*33-28-19-3-1-5-23-25(19)27(30-29-21-8-7-18(31(34)35)17-22(21)32(36)37)26-20(28)4-2-6-24(26)42-16-14-40-12-10-38-9-11-39-13-15-41-23/h2*1-8,17,33H,9-16H2. The van der Waals surface area contributed by atoms with Crippen LogP contribution in [0.5, 0.6) is 34.5 Å². The summed E-state index contributed by atoms with van der Waals surface area (Å²) >= 11 is 0. The van der Waals surface area contributed by atoms with Crippen LogP contribution in [0.4, 0.5) is 45.5 Å². The number of benzene rings is 8. The van der Waals surface area contributed by atoms with Crippen LogP contribution < -0.4 is 18.9 Å². The zero-order chi connectivity index (χ0) is 59.0. The van der Waals surface area contributed by atoms with Crippen molar-refractivity contribution in [3.05, 3.63) is 150 Å². The van der Waals surface area contributed by atoms with Gasteiger partial charge in [-0.25, -0.2) is 0 Å². The Kier molecular flexibility index (Phi) is 19.8. The summed E-state index contributed by atoms with van der Waals surface area (Å²) in [5, 5.41) is 88.8. The van der Waals surface area contributed by atoms with Crippen LogP contribution in [-0.4, -0.2) is 136 Å². The van der Waals surface area contributed by atoms with E-state index in [1.165, 1.54) is 0 Å². The quantitative estimate of drug-likeness (QED) is 0.0617. The first kappa shape index (κ1) is 58.8. The Hall–Kier alpha value is -9.84. The van der Waals surface area contributed by atoms with Crippen LogP contribution in [0.2, 0.25) is 0 Å². The highest BCUT2D eigenvalue weighted by atomic mass is 16.6. The van der Waals surface area contributed by atoms with Gasteiger partial charge >= 0.3 is 11.4 Å². The largest absolute Gasteiger partial charge is 0.507 e. The molecule has 0 radical (unpaired) electrons. The Morgan fingerprint density at radius 2 is 0.595 bits per heavy atom. The maximum Gasteiger partial charge on any atom is 0.303 e. The molecule has 0 spiro atoms. The van der Waals surface area contributed by atoms with E-state index in [9.17, 15) is 50.7 Å².